The first-order valence-corrected chi connectivity index (χ1v) is 8.18. The van der Waals surface area contributed by atoms with Crippen LogP contribution in [-0.4, -0.2) is 44.7 Å². The number of hydrogen-bond acceptors (Lipinski definition) is 4. The number of carbonyl (C=O) groups excluding carboxylic acids is 2. The van der Waals surface area contributed by atoms with Crippen LogP contribution in [0.5, 0.6) is 0 Å². The number of aromatic nitrogens is 2. The quantitative estimate of drug-likeness (QED) is 0.837. The molecule has 6 nitrogen and oxygen atoms in total. The molecular formula is C17H15ClN4O2. The molecule has 0 saturated carbocycles. The maximum Gasteiger partial charge on any atom is 0.277 e. The average Bonchev–Trinajstić information content (AvgIpc) is 3.11. The Morgan fingerprint density at radius 2 is 1.92 bits per heavy atom. The lowest BCUT2D eigenvalue weighted by Crippen LogP contribution is -2.51. The van der Waals surface area contributed by atoms with Crippen LogP contribution in [0.2, 0.25) is 5.02 Å². The lowest BCUT2D eigenvalue weighted by molar-refractivity contribution is -0.136. The highest BCUT2D eigenvalue weighted by molar-refractivity contribution is 6.30. The molecule has 0 aliphatic carbocycles. The van der Waals surface area contributed by atoms with E-state index in [0.29, 0.717) is 35.9 Å². The Hall–Kier alpha value is -2.47. The van der Waals surface area contributed by atoms with Crippen LogP contribution in [0.1, 0.15) is 35.1 Å². The van der Waals surface area contributed by atoms with Crippen molar-refractivity contribution in [2.45, 2.75) is 19.0 Å². The zero-order valence-electron chi connectivity index (χ0n) is 13.1. The van der Waals surface area contributed by atoms with Crippen LogP contribution in [0.3, 0.4) is 0 Å². The van der Waals surface area contributed by atoms with Gasteiger partial charge in [0, 0.05) is 42.5 Å². The molecule has 2 aromatic rings. The number of nitrogens with zero attached hydrogens (tertiary/aromatic N) is 4. The van der Waals surface area contributed by atoms with Gasteiger partial charge in [0.15, 0.2) is 11.4 Å². The van der Waals surface area contributed by atoms with E-state index >= 15 is 0 Å². The van der Waals surface area contributed by atoms with Gasteiger partial charge in [-0.05, 0) is 12.1 Å². The van der Waals surface area contributed by atoms with Gasteiger partial charge in [-0.2, -0.15) is 0 Å². The molecular weight excluding hydrogens is 328 g/mol. The minimum absolute atomic E-state index is 0.0289. The number of benzene rings is 1. The van der Waals surface area contributed by atoms with Crippen LogP contribution in [-0.2, 0) is 10.5 Å². The highest BCUT2D eigenvalue weighted by atomic mass is 35.5. The van der Waals surface area contributed by atoms with E-state index in [2.05, 4.69) is 9.97 Å². The lowest BCUT2D eigenvalue weighted by Gasteiger charge is -2.39. The average molecular weight is 343 g/mol. The van der Waals surface area contributed by atoms with Crippen LogP contribution < -0.4 is 0 Å². The molecule has 122 valence electrons. The molecule has 24 heavy (non-hydrogen) atoms. The summed E-state index contributed by atoms with van der Waals surface area (Å²) in [5.41, 5.74) is 0.578. The third kappa shape index (κ3) is 1.77. The molecule has 1 atom stereocenters. The van der Waals surface area contributed by atoms with Gasteiger partial charge in [0.05, 0.1) is 0 Å². The van der Waals surface area contributed by atoms with Gasteiger partial charge in [0.1, 0.15) is 5.69 Å². The van der Waals surface area contributed by atoms with Crippen molar-refractivity contribution in [1.82, 2.24) is 19.8 Å². The second-order valence-electron chi connectivity index (χ2n) is 5.79. The maximum absolute atomic E-state index is 12.8. The fourth-order valence-electron chi connectivity index (χ4n) is 3.68. The van der Waals surface area contributed by atoms with Crippen molar-refractivity contribution in [3.8, 4) is 0 Å². The van der Waals surface area contributed by atoms with E-state index < -0.39 is 5.66 Å². The molecule has 0 radical (unpaired) electrons. The molecule has 1 saturated heterocycles. The van der Waals surface area contributed by atoms with Crippen molar-refractivity contribution in [3.05, 3.63) is 58.6 Å². The van der Waals surface area contributed by atoms with Crippen LogP contribution >= 0.6 is 11.6 Å². The summed E-state index contributed by atoms with van der Waals surface area (Å²) in [5, 5.41) is 0.594. The van der Waals surface area contributed by atoms with Gasteiger partial charge < -0.3 is 9.80 Å². The molecule has 2 amide bonds. The van der Waals surface area contributed by atoms with Crippen molar-refractivity contribution in [2.24, 2.45) is 0 Å². The van der Waals surface area contributed by atoms with Gasteiger partial charge in [0.2, 0.25) is 5.91 Å². The molecule has 1 unspecified atom stereocenters. The summed E-state index contributed by atoms with van der Waals surface area (Å²) in [5.74, 6) is -0.224. The molecule has 0 N–H and O–H groups in total. The first kappa shape index (κ1) is 15.1. The summed E-state index contributed by atoms with van der Waals surface area (Å²) < 4.78 is 0. The van der Waals surface area contributed by atoms with Crippen molar-refractivity contribution >= 4 is 23.4 Å². The minimum atomic E-state index is -1.03. The molecule has 1 fully saturated rings. The second kappa shape index (κ2) is 5.27. The first-order chi connectivity index (χ1) is 11.6. The number of amides is 2. The molecule has 2 aliphatic heterocycles. The van der Waals surface area contributed by atoms with E-state index in [1.54, 1.807) is 28.1 Å². The summed E-state index contributed by atoms with van der Waals surface area (Å²) in [6.45, 7) is 2.73. The molecule has 7 heteroatoms. The first-order valence-electron chi connectivity index (χ1n) is 7.80. The molecule has 3 heterocycles. The summed E-state index contributed by atoms with van der Waals surface area (Å²) in [7, 11) is 0. The number of hydrogen-bond donors (Lipinski definition) is 0. The van der Waals surface area contributed by atoms with E-state index in [1.165, 1.54) is 6.20 Å². The normalized spacial score (nSPS) is 21.8. The predicted octanol–water partition coefficient (Wildman–Crippen LogP) is 2.04. The Balaban J connectivity index is 2.02. The topological polar surface area (TPSA) is 66.4 Å². The zero-order valence-corrected chi connectivity index (χ0v) is 13.8. The number of fused-ring (bicyclic) bond motifs is 3. The number of carbonyl (C=O) groups is 2. The highest BCUT2D eigenvalue weighted by Crippen LogP contribution is 2.48. The molecule has 1 aromatic carbocycles. The third-order valence-electron chi connectivity index (χ3n) is 4.65. The van der Waals surface area contributed by atoms with Gasteiger partial charge in [-0.1, -0.05) is 30.7 Å². The smallest absolute Gasteiger partial charge is 0.277 e. The van der Waals surface area contributed by atoms with Gasteiger partial charge >= 0.3 is 0 Å². The van der Waals surface area contributed by atoms with E-state index in [4.69, 9.17) is 11.6 Å². The Labute approximate surface area is 144 Å². The van der Waals surface area contributed by atoms with Crippen molar-refractivity contribution in [1.29, 1.82) is 0 Å². The minimum Gasteiger partial charge on any atom is -0.308 e. The van der Waals surface area contributed by atoms with Crippen LogP contribution in [0.4, 0.5) is 0 Å². The fraction of sp³-hybridized carbons (Fsp3) is 0.294. The Morgan fingerprint density at radius 3 is 2.62 bits per heavy atom. The fourth-order valence-corrected chi connectivity index (χ4v) is 3.80. The summed E-state index contributed by atoms with van der Waals surface area (Å²) in [4.78, 5) is 37.5. The summed E-state index contributed by atoms with van der Waals surface area (Å²) in [6, 6.07) is 7.20. The van der Waals surface area contributed by atoms with Crippen molar-refractivity contribution in [2.75, 3.05) is 13.1 Å². The van der Waals surface area contributed by atoms with Crippen LogP contribution in [0.25, 0.3) is 0 Å². The van der Waals surface area contributed by atoms with E-state index in [-0.39, 0.29) is 11.8 Å². The lowest BCUT2D eigenvalue weighted by atomic mass is 9.94. The van der Waals surface area contributed by atoms with Crippen molar-refractivity contribution < 1.29 is 9.59 Å². The SMILES string of the molecule is CCC(=O)N1CCN2C(=O)c3nccnc3C12c1ccc(Cl)cc1. The highest BCUT2D eigenvalue weighted by Gasteiger charge is 2.61. The summed E-state index contributed by atoms with van der Waals surface area (Å²) in [6.07, 6.45) is 3.41. The monoisotopic (exact) mass is 342 g/mol. The van der Waals surface area contributed by atoms with E-state index in [9.17, 15) is 9.59 Å². The van der Waals surface area contributed by atoms with E-state index in [0.717, 1.165) is 5.56 Å². The molecule has 2 aliphatic rings. The second-order valence-corrected chi connectivity index (χ2v) is 6.22. The Kier molecular flexibility index (Phi) is 3.31. The van der Waals surface area contributed by atoms with Gasteiger partial charge in [-0.25, -0.2) is 4.98 Å². The molecule has 0 spiro atoms. The van der Waals surface area contributed by atoms with Gasteiger partial charge in [-0.3, -0.25) is 14.6 Å². The standard InChI is InChI=1S/C17H15ClN4O2/c1-2-13(23)21-9-10-22-16(24)14-15(20-8-7-19-14)17(21,22)11-3-5-12(18)6-4-11/h3-8H,2,9-10H2,1H3. The number of rotatable bonds is 2. The largest absolute Gasteiger partial charge is 0.308 e. The molecule has 4 rings (SSSR count). The van der Waals surface area contributed by atoms with E-state index in [1.807, 2.05) is 19.1 Å². The molecule has 1 aromatic heterocycles. The van der Waals surface area contributed by atoms with Crippen LogP contribution in [0.15, 0.2) is 36.7 Å². The summed E-state index contributed by atoms with van der Waals surface area (Å²) >= 11 is 6.03. The third-order valence-corrected chi connectivity index (χ3v) is 4.91. The number of halogens is 1. The predicted molar refractivity (Wildman–Crippen MR) is 87.3 cm³/mol. The van der Waals surface area contributed by atoms with Gasteiger partial charge in [-0.15, -0.1) is 0 Å². The maximum atomic E-state index is 12.8. The zero-order chi connectivity index (χ0) is 16.9. The Morgan fingerprint density at radius 1 is 1.21 bits per heavy atom. The van der Waals surface area contributed by atoms with Gasteiger partial charge in [0.25, 0.3) is 5.91 Å². The molecule has 0 bridgehead atoms. The van der Waals surface area contributed by atoms with Crippen molar-refractivity contribution in [3.63, 3.8) is 0 Å². The van der Waals surface area contributed by atoms with Crippen LogP contribution in [0, 0.1) is 0 Å². The Bertz CT molecular complexity index is 839.